The summed E-state index contributed by atoms with van der Waals surface area (Å²) in [4.78, 5) is 11.0. The van der Waals surface area contributed by atoms with Gasteiger partial charge in [0.1, 0.15) is 11.5 Å². The number of hydrogen-bond donors (Lipinski definition) is 0. The van der Waals surface area contributed by atoms with Crippen molar-refractivity contribution in [3.8, 4) is 10.7 Å². The van der Waals surface area contributed by atoms with Gasteiger partial charge in [0.15, 0.2) is 5.01 Å². The van der Waals surface area contributed by atoms with E-state index in [1.165, 1.54) is 12.8 Å². The van der Waals surface area contributed by atoms with Crippen LogP contribution in [-0.4, -0.2) is 37.3 Å². The predicted octanol–water partition coefficient (Wildman–Crippen LogP) is 2.77. The van der Waals surface area contributed by atoms with Gasteiger partial charge in [-0.25, -0.2) is 4.98 Å². The lowest BCUT2D eigenvalue weighted by molar-refractivity contribution is 0.539. The SMILES string of the molecule is Cc1nccn1C[C@H]1CCCN1c1nnc(-c2ccccn2)s1. The molecule has 1 aliphatic heterocycles. The van der Waals surface area contributed by atoms with Gasteiger partial charge >= 0.3 is 0 Å². The molecule has 23 heavy (non-hydrogen) atoms. The van der Waals surface area contributed by atoms with Gasteiger partial charge in [-0.15, -0.1) is 10.2 Å². The van der Waals surface area contributed by atoms with E-state index in [-0.39, 0.29) is 0 Å². The highest BCUT2D eigenvalue weighted by Gasteiger charge is 2.28. The molecule has 0 N–H and O–H groups in total. The van der Waals surface area contributed by atoms with Crippen LogP contribution in [0.2, 0.25) is 0 Å². The first-order valence-corrected chi connectivity index (χ1v) is 8.62. The molecule has 0 aromatic carbocycles. The minimum absolute atomic E-state index is 0.451. The molecular formula is C16H18N6S. The molecule has 0 aliphatic carbocycles. The molecule has 4 rings (SSSR count). The maximum atomic E-state index is 4.41. The van der Waals surface area contributed by atoms with Crippen molar-refractivity contribution >= 4 is 16.5 Å². The third kappa shape index (κ3) is 2.84. The molecule has 3 aromatic rings. The number of rotatable bonds is 4. The normalized spacial score (nSPS) is 17.8. The average Bonchev–Trinajstić information content (AvgIpc) is 3.30. The molecule has 118 valence electrons. The number of aryl methyl sites for hydroxylation is 1. The number of hydrogen-bond acceptors (Lipinski definition) is 6. The van der Waals surface area contributed by atoms with E-state index < -0.39 is 0 Å². The number of nitrogens with zero attached hydrogens (tertiary/aromatic N) is 6. The first kappa shape index (κ1) is 14.3. The zero-order valence-electron chi connectivity index (χ0n) is 13.0. The molecule has 0 bridgehead atoms. The standard InChI is InChI=1S/C16H18N6S/c1-12-17-8-10-21(12)11-13-5-4-9-22(13)16-20-19-15(23-16)14-6-2-3-7-18-14/h2-3,6-8,10,13H,4-5,9,11H2,1H3/t13-/m1/s1. The van der Waals surface area contributed by atoms with Gasteiger partial charge in [0.25, 0.3) is 0 Å². The Morgan fingerprint density at radius 2 is 2.17 bits per heavy atom. The van der Waals surface area contributed by atoms with Crippen molar-refractivity contribution in [1.82, 2.24) is 24.7 Å². The maximum absolute atomic E-state index is 4.41. The van der Waals surface area contributed by atoms with Crippen molar-refractivity contribution < 1.29 is 0 Å². The van der Waals surface area contributed by atoms with Crippen LogP contribution in [0.15, 0.2) is 36.8 Å². The van der Waals surface area contributed by atoms with Crippen LogP contribution < -0.4 is 4.90 Å². The Morgan fingerprint density at radius 1 is 1.22 bits per heavy atom. The zero-order chi connectivity index (χ0) is 15.6. The van der Waals surface area contributed by atoms with E-state index in [4.69, 9.17) is 0 Å². The fraction of sp³-hybridized carbons (Fsp3) is 0.375. The molecule has 6 nitrogen and oxygen atoms in total. The van der Waals surface area contributed by atoms with Crippen molar-refractivity contribution in [2.24, 2.45) is 0 Å². The third-order valence-electron chi connectivity index (χ3n) is 4.25. The summed E-state index contributed by atoms with van der Waals surface area (Å²) in [5.41, 5.74) is 0.887. The van der Waals surface area contributed by atoms with Crippen molar-refractivity contribution in [3.05, 3.63) is 42.6 Å². The molecule has 4 heterocycles. The van der Waals surface area contributed by atoms with E-state index in [1.807, 2.05) is 37.5 Å². The molecule has 0 spiro atoms. The second-order valence-corrected chi connectivity index (χ2v) is 6.68. The fourth-order valence-electron chi connectivity index (χ4n) is 3.03. The fourth-order valence-corrected chi connectivity index (χ4v) is 3.94. The van der Waals surface area contributed by atoms with E-state index in [9.17, 15) is 0 Å². The second kappa shape index (κ2) is 6.08. The molecule has 7 heteroatoms. The second-order valence-electron chi connectivity index (χ2n) is 5.72. The number of anilines is 1. The van der Waals surface area contributed by atoms with E-state index in [0.29, 0.717) is 6.04 Å². The quantitative estimate of drug-likeness (QED) is 0.738. The van der Waals surface area contributed by atoms with Crippen LogP contribution in [0.3, 0.4) is 0 Å². The number of aromatic nitrogens is 5. The average molecular weight is 326 g/mol. The van der Waals surface area contributed by atoms with Gasteiger partial charge in [0, 0.05) is 37.7 Å². The summed E-state index contributed by atoms with van der Waals surface area (Å²) in [6.07, 6.45) is 8.06. The van der Waals surface area contributed by atoms with Gasteiger partial charge in [0.2, 0.25) is 5.13 Å². The first-order chi connectivity index (χ1) is 11.3. The smallest absolute Gasteiger partial charge is 0.208 e. The summed E-state index contributed by atoms with van der Waals surface area (Å²) in [5.74, 6) is 1.06. The molecular weight excluding hydrogens is 308 g/mol. The Kier molecular flexibility index (Phi) is 3.78. The molecule has 0 radical (unpaired) electrons. The van der Waals surface area contributed by atoms with Crippen LogP contribution in [-0.2, 0) is 6.54 Å². The lowest BCUT2D eigenvalue weighted by atomic mass is 10.2. The highest BCUT2D eigenvalue weighted by molar-refractivity contribution is 7.18. The molecule has 0 unspecified atom stereocenters. The van der Waals surface area contributed by atoms with Crippen molar-refractivity contribution in [3.63, 3.8) is 0 Å². The van der Waals surface area contributed by atoms with Crippen LogP contribution in [0.25, 0.3) is 10.7 Å². The highest BCUT2D eigenvalue weighted by Crippen LogP contribution is 2.32. The molecule has 3 aromatic heterocycles. The van der Waals surface area contributed by atoms with Gasteiger partial charge in [-0.05, 0) is 31.9 Å². The van der Waals surface area contributed by atoms with Gasteiger partial charge in [0.05, 0.1) is 0 Å². The Morgan fingerprint density at radius 3 is 2.96 bits per heavy atom. The largest absolute Gasteiger partial charge is 0.342 e. The third-order valence-corrected chi connectivity index (χ3v) is 5.24. The summed E-state index contributed by atoms with van der Waals surface area (Å²) in [5, 5.41) is 10.6. The molecule has 0 saturated carbocycles. The number of pyridine rings is 1. The predicted molar refractivity (Wildman–Crippen MR) is 90.5 cm³/mol. The van der Waals surface area contributed by atoms with Crippen LogP contribution in [0.5, 0.6) is 0 Å². The van der Waals surface area contributed by atoms with Crippen molar-refractivity contribution in [2.45, 2.75) is 32.4 Å². The minimum Gasteiger partial charge on any atom is -0.342 e. The number of imidazole rings is 1. The topological polar surface area (TPSA) is 59.7 Å². The van der Waals surface area contributed by atoms with Crippen molar-refractivity contribution in [2.75, 3.05) is 11.4 Å². The Balaban J connectivity index is 1.55. The van der Waals surface area contributed by atoms with Crippen LogP contribution in [0.4, 0.5) is 5.13 Å². The summed E-state index contributed by atoms with van der Waals surface area (Å²) >= 11 is 1.62. The Hall–Kier alpha value is -2.28. The summed E-state index contributed by atoms with van der Waals surface area (Å²) in [6, 6.07) is 6.31. The van der Waals surface area contributed by atoms with E-state index in [2.05, 4.69) is 29.6 Å². The highest BCUT2D eigenvalue weighted by atomic mass is 32.1. The lowest BCUT2D eigenvalue weighted by Crippen LogP contribution is -2.33. The van der Waals surface area contributed by atoms with Crippen LogP contribution in [0.1, 0.15) is 18.7 Å². The monoisotopic (exact) mass is 326 g/mol. The first-order valence-electron chi connectivity index (χ1n) is 7.80. The van der Waals surface area contributed by atoms with Gasteiger partial charge < -0.3 is 9.47 Å². The summed E-state index contributed by atoms with van der Waals surface area (Å²) in [7, 11) is 0. The van der Waals surface area contributed by atoms with Crippen molar-refractivity contribution in [1.29, 1.82) is 0 Å². The van der Waals surface area contributed by atoms with Gasteiger partial charge in [-0.3, -0.25) is 4.98 Å². The molecule has 1 fully saturated rings. The summed E-state index contributed by atoms with van der Waals surface area (Å²) in [6.45, 7) is 4.03. The molecule has 1 saturated heterocycles. The summed E-state index contributed by atoms with van der Waals surface area (Å²) < 4.78 is 2.21. The van der Waals surface area contributed by atoms with Gasteiger partial charge in [-0.2, -0.15) is 0 Å². The molecule has 0 amide bonds. The molecule has 1 aliphatic rings. The maximum Gasteiger partial charge on any atom is 0.208 e. The zero-order valence-corrected chi connectivity index (χ0v) is 13.8. The Labute approximate surface area is 138 Å². The van der Waals surface area contributed by atoms with Gasteiger partial charge in [-0.1, -0.05) is 17.4 Å². The minimum atomic E-state index is 0.451. The van der Waals surface area contributed by atoms with E-state index in [0.717, 1.165) is 34.7 Å². The lowest BCUT2D eigenvalue weighted by Gasteiger charge is -2.24. The Bertz CT molecular complexity index is 781. The van der Waals surface area contributed by atoms with Crippen LogP contribution in [0, 0.1) is 6.92 Å². The van der Waals surface area contributed by atoms with E-state index >= 15 is 0 Å². The molecule has 1 atom stereocenters. The van der Waals surface area contributed by atoms with Crippen LogP contribution >= 0.6 is 11.3 Å². The van der Waals surface area contributed by atoms with E-state index in [1.54, 1.807) is 17.5 Å².